The van der Waals surface area contributed by atoms with E-state index in [-0.39, 0.29) is 23.6 Å². The molecule has 2 N–H and O–H groups in total. The third-order valence-electron chi connectivity index (χ3n) is 2.65. The fraction of sp³-hybridized carbons (Fsp3) is 0.889. The van der Waals surface area contributed by atoms with E-state index < -0.39 is 5.97 Å². The van der Waals surface area contributed by atoms with E-state index in [2.05, 4.69) is 5.32 Å². The lowest BCUT2D eigenvalue weighted by atomic mass is 10.00. The highest BCUT2D eigenvalue weighted by Gasteiger charge is 2.31. The summed E-state index contributed by atoms with van der Waals surface area (Å²) >= 11 is 1.66. The summed E-state index contributed by atoms with van der Waals surface area (Å²) in [4.78, 5) is 10.8. The van der Waals surface area contributed by atoms with Gasteiger partial charge in [0.05, 0.1) is 5.92 Å². The molecule has 1 aliphatic heterocycles. The van der Waals surface area contributed by atoms with Gasteiger partial charge in [0.25, 0.3) is 0 Å². The second-order valence-electron chi connectivity index (χ2n) is 3.53. The molecule has 0 unspecified atom stereocenters. The van der Waals surface area contributed by atoms with Gasteiger partial charge in [-0.25, -0.2) is 0 Å². The van der Waals surface area contributed by atoms with Gasteiger partial charge in [0.15, 0.2) is 0 Å². The molecular formula is C9H18ClNO2S. The van der Waals surface area contributed by atoms with Gasteiger partial charge in [-0.15, -0.1) is 12.4 Å². The number of hydrogen-bond acceptors (Lipinski definition) is 3. The molecule has 84 valence electrons. The van der Waals surface area contributed by atoms with Gasteiger partial charge < -0.3 is 10.4 Å². The van der Waals surface area contributed by atoms with E-state index in [9.17, 15) is 4.79 Å². The monoisotopic (exact) mass is 239 g/mol. The average Bonchev–Trinajstić information content (AvgIpc) is 2.58. The van der Waals surface area contributed by atoms with E-state index in [0.29, 0.717) is 6.04 Å². The molecule has 0 aromatic carbocycles. The Bertz CT molecular complexity index is 186. The Morgan fingerprint density at radius 1 is 1.64 bits per heavy atom. The van der Waals surface area contributed by atoms with Crippen LogP contribution in [0.25, 0.3) is 0 Å². The van der Waals surface area contributed by atoms with Crippen molar-refractivity contribution in [1.82, 2.24) is 5.32 Å². The number of carboxylic acids is 1. The van der Waals surface area contributed by atoms with Gasteiger partial charge in [0, 0.05) is 11.3 Å². The minimum absolute atomic E-state index is 0. The molecule has 0 bridgehead atoms. The van der Waals surface area contributed by atoms with Crippen molar-refractivity contribution in [3.05, 3.63) is 0 Å². The van der Waals surface area contributed by atoms with Crippen molar-refractivity contribution in [2.75, 3.05) is 12.8 Å². The second-order valence-corrected chi connectivity index (χ2v) is 4.55. The van der Waals surface area contributed by atoms with E-state index >= 15 is 0 Å². The maximum atomic E-state index is 10.8. The molecule has 0 saturated carbocycles. The molecule has 0 amide bonds. The fourth-order valence-electron chi connectivity index (χ4n) is 1.85. The standard InChI is InChI=1S/C9H17NO2S.ClH/c1-6(9(11)12)8(13-2)7-4-3-5-10-7;/h6-8,10H,3-5H2,1-2H3,(H,11,12);1H/t6-,7+,8-;/m1./s1. The Morgan fingerprint density at radius 2 is 2.29 bits per heavy atom. The number of carboxylic acid groups (broad SMARTS) is 1. The minimum atomic E-state index is -0.687. The lowest BCUT2D eigenvalue weighted by Gasteiger charge is -2.25. The van der Waals surface area contributed by atoms with Crippen LogP contribution in [0.1, 0.15) is 19.8 Å². The number of rotatable bonds is 4. The van der Waals surface area contributed by atoms with Crippen LogP contribution in [0.5, 0.6) is 0 Å². The molecule has 0 aromatic rings. The average molecular weight is 240 g/mol. The summed E-state index contributed by atoms with van der Waals surface area (Å²) in [6.45, 7) is 2.83. The van der Waals surface area contributed by atoms with Crippen molar-refractivity contribution in [3.8, 4) is 0 Å². The molecule has 1 saturated heterocycles. The van der Waals surface area contributed by atoms with Crippen molar-refractivity contribution in [3.63, 3.8) is 0 Å². The molecule has 1 heterocycles. The normalized spacial score (nSPS) is 25.1. The first-order valence-electron chi connectivity index (χ1n) is 4.65. The van der Waals surface area contributed by atoms with E-state index in [0.717, 1.165) is 13.0 Å². The highest BCUT2D eigenvalue weighted by molar-refractivity contribution is 7.99. The molecule has 0 spiro atoms. The molecule has 0 aliphatic carbocycles. The van der Waals surface area contributed by atoms with E-state index in [1.807, 2.05) is 6.26 Å². The van der Waals surface area contributed by atoms with Crippen molar-refractivity contribution >= 4 is 30.1 Å². The summed E-state index contributed by atoms with van der Waals surface area (Å²) < 4.78 is 0. The van der Waals surface area contributed by atoms with Gasteiger partial charge in [0.2, 0.25) is 0 Å². The summed E-state index contributed by atoms with van der Waals surface area (Å²) in [6, 6.07) is 0.390. The largest absolute Gasteiger partial charge is 0.481 e. The predicted molar refractivity (Wildman–Crippen MR) is 62.4 cm³/mol. The first kappa shape index (κ1) is 14.1. The molecule has 14 heavy (non-hydrogen) atoms. The van der Waals surface area contributed by atoms with Crippen molar-refractivity contribution < 1.29 is 9.90 Å². The zero-order valence-corrected chi connectivity index (χ0v) is 10.2. The van der Waals surface area contributed by atoms with E-state index in [1.165, 1.54) is 6.42 Å². The van der Waals surface area contributed by atoms with Crippen LogP contribution in [-0.4, -0.2) is 35.2 Å². The SMILES string of the molecule is CS[C@@H]([C@@H]1CCCN1)[C@@H](C)C(=O)O.Cl. The zero-order chi connectivity index (χ0) is 9.84. The van der Waals surface area contributed by atoms with E-state index in [1.54, 1.807) is 18.7 Å². The fourth-order valence-corrected chi connectivity index (χ4v) is 2.93. The van der Waals surface area contributed by atoms with Crippen LogP contribution in [0.4, 0.5) is 0 Å². The smallest absolute Gasteiger partial charge is 0.307 e. The topological polar surface area (TPSA) is 49.3 Å². The van der Waals surface area contributed by atoms with Crippen LogP contribution in [0.3, 0.4) is 0 Å². The van der Waals surface area contributed by atoms with Gasteiger partial charge in [-0.05, 0) is 25.6 Å². The van der Waals surface area contributed by atoms with Crippen LogP contribution < -0.4 is 5.32 Å². The highest BCUT2D eigenvalue weighted by Crippen LogP contribution is 2.25. The summed E-state index contributed by atoms with van der Waals surface area (Å²) in [5.74, 6) is -0.946. The molecular weight excluding hydrogens is 222 g/mol. The van der Waals surface area contributed by atoms with Crippen molar-refractivity contribution in [1.29, 1.82) is 0 Å². The maximum Gasteiger partial charge on any atom is 0.307 e. The number of thioether (sulfide) groups is 1. The summed E-state index contributed by atoms with van der Waals surface area (Å²) in [7, 11) is 0. The van der Waals surface area contributed by atoms with Crippen molar-refractivity contribution in [2.24, 2.45) is 5.92 Å². The van der Waals surface area contributed by atoms with E-state index in [4.69, 9.17) is 5.11 Å². The lowest BCUT2D eigenvalue weighted by molar-refractivity contribution is -0.141. The van der Waals surface area contributed by atoms with Crippen LogP contribution in [0.2, 0.25) is 0 Å². The third kappa shape index (κ3) is 3.33. The summed E-state index contributed by atoms with van der Waals surface area (Å²) in [6.07, 6.45) is 4.28. The quantitative estimate of drug-likeness (QED) is 0.783. The second kappa shape index (κ2) is 6.53. The Kier molecular flexibility index (Phi) is 6.57. The summed E-state index contributed by atoms with van der Waals surface area (Å²) in [5, 5.41) is 12.5. The first-order valence-corrected chi connectivity index (χ1v) is 5.94. The molecule has 3 nitrogen and oxygen atoms in total. The molecule has 3 atom stereocenters. The zero-order valence-electron chi connectivity index (χ0n) is 8.53. The van der Waals surface area contributed by atoms with Gasteiger partial charge in [-0.1, -0.05) is 6.92 Å². The Morgan fingerprint density at radius 3 is 2.64 bits per heavy atom. The maximum absolute atomic E-state index is 10.8. The molecule has 0 radical (unpaired) electrons. The number of nitrogens with one attached hydrogen (secondary N) is 1. The molecule has 1 rings (SSSR count). The van der Waals surface area contributed by atoms with Gasteiger partial charge in [-0.2, -0.15) is 11.8 Å². The van der Waals surface area contributed by atoms with Gasteiger partial charge >= 0.3 is 5.97 Å². The van der Waals surface area contributed by atoms with Crippen LogP contribution in [0, 0.1) is 5.92 Å². The number of carbonyl (C=O) groups is 1. The number of halogens is 1. The Hall–Kier alpha value is 0.0700. The van der Waals surface area contributed by atoms with Crippen molar-refractivity contribution in [2.45, 2.75) is 31.1 Å². The first-order chi connectivity index (χ1) is 6.16. The van der Waals surface area contributed by atoms with Crippen LogP contribution >= 0.6 is 24.2 Å². The van der Waals surface area contributed by atoms with Crippen LogP contribution in [-0.2, 0) is 4.79 Å². The lowest BCUT2D eigenvalue weighted by Crippen LogP contribution is -2.39. The predicted octanol–water partition coefficient (Wildman–Crippen LogP) is 1.61. The molecule has 0 aromatic heterocycles. The molecule has 1 aliphatic rings. The third-order valence-corrected chi connectivity index (χ3v) is 3.93. The van der Waals surface area contributed by atoms with Gasteiger partial charge in [-0.3, -0.25) is 4.79 Å². The Labute approximate surface area is 95.4 Å². The highest BCUT2D eigenvalue weighted by atomic mass is 35.5. The number of aliphatic carboxylic acids is 1. The number of hydrogen-bond donors (Lipinski definition) is 2. The molecule has 5 heteroatoms. The summed E-state index contributed by atoms with van der Waals surface area (Å²) in [5.41, 5.74) is 0. The molecule has 1 fully saturated rings. The Balaban J connectivity index is 0.00000169. The minimum Gasteiger partial charge on any atom is -0.481 e. The van der Waals surface area contributed by atoms with Crippen LogP contribution in [0.15, 0.2) is 0 Å². The van der Waals surface area contributed by atoms with Gasteiger partial charge in [0.1, 0.15) is 0 Å².